The molecule has 4 N–H and O–H groups in total. The van der Waals surface area contributed by atoms with Gasteiger partial charge in [-0.15, -0.1) is 29.8 Å². The molecule has 2 aliphatic carbocycles. The van der Waals surface area contributed by atoms with E-state index in [2.05, 4.69) is 27.8 Å². The number of nitrogens with zero attached hydrogens (tertiary/aromatic N) is 1. The number of carbonyl (C=O) groups excluding carboxylic acids is 5. The minimum Gasteiger partial charge on any atom is -0.346 e. The van der Waals surface area contributed by atoms with Crippen LogP contribution in [-0.4, -0.2) is 94.4 Å². The fourth-order valence-electron chi connectivity index (χ4n) is 6.69. The van der Waals surface area contributed by atoms with Gasteiger partial charge >= 0.3 is 6.03 Å². The van der Waals surface area contributed by atoms with E-state index in [4.69, 9.17) is 23.2 Å². The van der Waals surface area contributed by atoms with Crippen molar-refractivity contribution in [3.05, 3.63) is 12.7 Å². The van der Waals surface area contributed by atoms with Crippen molar-refractivity contribution in [1.82, 2.24) is 26.2 Å². The van der Waals surface area contributed by atoms with E-state index in [0.717, 1.165) is 19.3 Å². The Hall–Kier alpha value is -2.38. The van der Waals surface area contributed by atoms with Gasteiger partial charge in [-0.1, -0.05) is 59.5 Å². The maximum Gasteiger partial charge on any atom is 0.315 e. The van der Waals surface area contributed by atoms with E-state index in [1.165, 1.54) is 11.0 Å². The van der Waals surface area contributed by atoms with Crippen LogP contribution in [0.25, 0.3) is 0 Å². The number of Topliss-reactive ketones (excluding diaryl/α,β-unsaturated/α-hetero) is 1. The highest BCUT2D eigenvalue weighted by Crippen LogP contribution is 2.65. The second kappa shape index (κ2) is 14.8. The SMILES string of the molecule is C=CCNC(=O)C(=O)C(CCC)NC(=O)[C@@H]1C2[C@H](CN1C(=O)[C@@H](NC(=O)NC1(CS(=O)(=O)C(C)(C)C)CCCCC1)C(C)(C)C)C2(Cl)Cl. The van der Waals surface area contributed by atoms with Crippen molar-refractivity contribution in [3.63, 3.8) is 0 Å². The van der Waals surface area contributed by atoms with Gasteiger partial charge in [0.1, 0.15) is 16.4 Å². The number of urea groups is 1. The van der Waals surface area contributed by atoms with E-state index in [1.54, 1.807) is 48.5 Å². The molecule has 1 saturated heterocycles. The number of fused-ring (bicyclic) bond motifs is 1. The molecule has 2 unspecified atom stereocenters. The first-order valence-electron chi connectivity index (χ1n) is 16.8. The van der Waals surface area contributed by atoms with Gasteiger partial charge in [0.05, 0.1) is 22.1 Å². The molecular formula is C33H53Cl2N5O7S. The zero-order chi connectivity index (χ0) is 36.5. The normalized spacial score (nSPS) is 24.4. The third kappa shape index (κ3) is 8.85. The van der Waals surface area contributed by atoms with Gasteiger partial charge in [0.25, 0.3) is 5.91 Å². The smallest absolute Gasteiger partial charge is 0.315 e. The Morgan fingerprint density at radius 2 is 1.60 bits per heavy atom. The Balaban J connectivity index is 1.85. The Labute approximate surface area is 295 Å². The van der Waals surface area contributed by atoms with Crippen molar-refractivity contribution in [3.8, 4) is 0 Å². The van der Waals surface area contributed by atoms with Crippen molar-refractivity contribution in [2.45, 2.75) is 126 Å². The maximum atomic E-state index is 14.3. The molecule has 5 amide bonds. The molecule has 0 aromatic heterocycles. The van der Waals surface area contributed by atoms with E-state index in [0.29, 0.717) is 19.3 Å². The molecule has 0 aromatic carbocycles. The predicted molar refractivity (Wildman–Crippen MR) is 186 cm³/mol. The fourth-order valence-corrected chi connectivity index (χ4v) is 9.04. The van der Waals surface area contributed by atoms with Crippen LogP contribution in [-0.2, 0) is 29.0 Å². The zero-order valence-corrected chi connectivity index (χ0v) is 31.5. The van der Waals surface area contributed by atoms with E-state index < -0.39 is 89.4 Å². The molecule has 5 atom stereocenters. The number of sulfone groups is 1. The van der Waals surface area contributed by atoms with Crippen LogP contribution < -0.4 is 21.3 Å². The van der Waals surface area contributed by atoms with Gasteiger partial charge in [-0.2, -0.15) is 0 Å². The first-order chi connectivity index (χ1) is 22.0. The monoisotopic (exact) mass is 733 g/mol. The molecule has 3 aliphatic rings. The van der Waals surface area contributed by atoms with Crippen molar-refractivity contribution in [2.24, 2.45) is 17.3 Å². The predicted octanol–water partition coefficient (Wildman–Crippen LogP) is 3.40. The maximum absolute atomic E-state index is 14.3. The third-order valence-corrected chi connectivity index (χ3v) is 13.6. The van der Waals surface area contributed by atoms with Gasteiger partial charge in [-0.05, 0) is 45.4 Å². The largest absolute Gasteiger partial charge is 0.346 e. The number of amides is 5. The number of halogens is 2. The summed E-state index contributed by atoms with van der Waals surface area (Å²) in [4.78, 5) is 68.5. The van der Waals surface area contributed by atoms with E-state index in [9.17, 15) is 32.4 Å². The average Bonchev–Trinajstić information content (AvgIpc) is 3.28. The molecule has 0 radical (unpaired) electrons. The van der Waals surface area contributed by atoms with Crippen LogP contribution in [0, 0.1) is 17.3 Å². The Morgan fingerprint density at radius 1 is 1.00 bits per heavy atom. The molecule has 3 fully saturated rings. The van der Waals surface area contributed by atoms with Gasteiger partial charge in [0.2, 0.25) is 17.6 Å². The molecule has 2 saturated carbocycles. The summed E-state index contributed by atoms with van der Waals surface area (Å²) >= 11 is 13.1. The second-order valence-electron chi connectivity index (χ2n) is 15.6. The summed E-state index contributed by atoms with van der Waals surface area (Å²) in [5, 5.41) is 10.8. The molecule has 48 heavy (non-hydrogen) atoms. The standard InChI is InChI=1S/C33H53Cl2N5O7S/c1-9-14-21(24(41)27(43)36-17-10-2)37-26(42)23-22-20(33(22,34)35)18-40(23)28(44)25(30(3,4)5)38-29(45)39-32(15-12-11-13-16-32)19-48(46,47)31(6,7)8/h10,20-23,25H,2,9,11-19H2,1,3-8H3,(H,36,43)(H,37,42)(H2,38,39,45)/t20-,21?,22?,23-,25+/m0/s1. The summed E-state index contributed by atoms with van der Waals surface area (Å²) in [7, 11) is -3.59. The first-order valence-corrected chi connectivity index (χ1v) is 19.2. The number of ketones is 1. The zero-order valence-electron chi connectivity index (χ0n) is 29.2. The van der Waals surface area contributed by atoms with Crippen molar-refractivity contribution < 1.29 is 32.4 Å². The molecule has 272 valence electrons. The summed E-state index contributed by atoms with van der Waals surface area (Å²) in [6.45, 7) is 15.7. The van der Waals surface area contributed by atoms with Crippen LogP contribution >= 0.6 is 23.2 Å². The number of hydrogen-bond donors (Lipinski definition) is 4. The average molecular weight is 735 g/mol. The highest BCUT2D eigenvalue weighted by Gasteiger charge is 2.74. The molecular weight excluding hydrogens is 681 g/mol. The van der Waals surface area contributed by atoms with Gasteiger partial charge in [-0.25, -0.2) is 13.2 Å². The molecule has 0 spiro atoms. The summed E-state index contributed by atoms with van der Waals surface area (Å²) in [5.41, 5.74) is -1.82. The summed E-state index contributed by atoms with van der Waals surface area (Å²) < 4.78 is 24.2. The van der Waals surface area contributed by atoms with Gasteiger partial charge in [-0.3, -0.25) is 19.2 Å². The Kier molecular flexibility index (Phi) is 12.4. The van der Waals surface area contributed by atoms with Crippen LogP contribution in [0.5, 0.6) is 0 Å². The lowest BCUT2D eigenvalue weighted by Gasteiger charge is -2.41. The number of piperidine rings is 1. The molecule has 1 heterocycles. The molecule has 0 bridgehead atoms. The van der Waals surface area contributed by atoms with Crippen LogP contribution in [0.2, 0.25) is 0 Å². The van der Waals surface area contributed by atoms with Crippen molar-refractivity contribution in [2.75, 3.05) is 18.8 Å². The van der Waals surface area contributed by atoms with Gasteiger partial charge < -0.3 is 26.2 Å². The molecule has 12 nitrogen and oxygen atoms in total. The minimum atomic E-state index is -3.59. The lowest BCUT2D eigenvalue weighted by atomic mass is 9.83. The van der Waals surface area contributed by atoms with Crippen LogP contribution in [0.1, 0.15) is 93.4 Å². The number of carbonyl (C=O) groups is 5. The minimum absolute atomic E-state index is 0.0461. The number of hydrogen-bond acceptors (Lipinski definition) is 7. The quantitative estimate of drug-likeness (QED) is 0.128. The summed E-state index contributed by atoms with van der Waals surface area (Å²) in [6.07, 6.45) is 5.51. The molecule has 0 aromatic rings. The fraction of sp³-hybridized carbons (Fsp3) is 0.788. The van der Waals surface area contributed by atoms with E-state index in [1.807, 2.05) is 0 Å². The number of likely N-dealkylation sites (tertiary alicyclic amines) is 1. The summed E-state index contributed by atoms with van der Waals surface area (Å²) in [6, 6.07) is -4.09. The van der Waals surface area contributed by atoms with Crippen LogP contribution in [0.15, 0.2) is 12.7 Å². The highest BCUT2D eigenvalue weighted by molar-refractivity contribution is 7.92. The Bertz CT molecular complexity index is 1380. The lowest BCUT2D eigenvalue weighted by molar-refractivity contribution is -0.144. The lowest BCUT2D eigenvalue weighted by Crippen LogP contribution is -2.64. The second-order valence-corrected chi connectivity index (χ2v) is 19.8. The number of rotatable bonds is 13. The molecule has 1 aliphatic heterocycles. The van der Waals surface area contributed by atoms with Crippen molar-refractivity contribution in [1.29, 1.82) is 0 Å². The molecule has 15 heteroatoms. The first kappa shape index (κ1) is 40.1. The van der Waals surface area contributed by atoms with Crippen molar-refractivity contribution >= 4 is 62.6 Å². The highest BCUT2D eigenvalue weighted by atomic mass is 35.5. The number of alkyl halides is 2. The number of nitrogens with one attached hydrogen (secondary N) is 4. The van der Waals surface area contributed by atoms with E-state index in [-0.39, 0.29) is 25.3 Å². The van der Waals surface area contributed by atoms with Crippen LogP contribution in [0.4, 0.5) is 4.79 Å². The topological polar surface area (TPSA) is 171 Å². The molecule has 3 rings (SSSR count). The van der Waals surface area contributed by atoms with Gasteiger partial charge in [0.15, 0.2) is 9.84 Å². The van der Waals surface area contributed by atoms with Crippen LogP contribution in [0.3, 0.4) is 0 Å². The summed E-state index contributed by atoms with van der Waals surface area (Å²) in [5.74, 6) is -4.17. The third-order valence-electron chi connectivity index (χ3n) is 9.70. The van der Waals surface area contributed by atoms with Gasteiger partial charge in [0, 0.05) is 24.9 Å². The Morgan fingerprint density at radius 3 is 2.12 bits per heavy atom. The van der Waals surface area contributed by atoms with E-state index >= 15 is 0 Å².